The minimum Gasteiger partial charge on any atom is -0.451 e. The van der Waals surface area contributed by atoms with Gasteiger partial charge in [-0.2, -0.15) is 8.78 Å². The third-order valence-corrected chi connectivity index (χ3v) is 3.84. The highest BCUT2D eigenvalue weighted by Crippen LogP contribution is 2.32. The highest BCUT2D eigenvalue weighted by Gasteiger charge is 2.34. The van der Waals surface area contributed by atoms with Crippen LogP contribution < -0.4 is 10.4 Å². The predicted molar refractivity (Wildman–Crippen MR) is 86.1 cm³/mol. The predicted octanol–water partition coefficient (Wildman–Crippen LogP) is 1.33. The molecule has 3 rings (SSSR count). The van der Waals surface area contributed by atoms with E-state index in [0.29, 0.717) is 6.07 Å². The van der Waals surface area contributed by atoms with Gasteiger partial charge in [-0.1, -0.05) is 0 Å². The summed E-state index contributed by atoms with van der Waals surface area (Å²) in [6.07, 6.45) is -0.445. The second-order valence-corrected chi connectivity index (χ2v) is 5.82. The number of fused-ring (bicyclic) bond motifs is 1. The van der Waals surface area contributed by atoms with Crippen molar-refractivity contribution in [3.05, 3.63) is 39.5 Å². The fourth-order valence-corrected chi connectivity index (χ4v) is 2.45. The van der Waals surface area contributed by atoms with Crippen molar-refractivity contribution >= 4 is 34.7 Å². The Morgan fingerprint density at radius 2 is 1.70 bits per heavy atom. The van der Waals surface area contributed by atoms with Gasteiger partial charge in [0, 0.05) is 19.8 Å². The van der Waals surface area contributed by atoms with Crippen molar-refractivity contribution in [2.24, 2.45) is 0 Å². The van der Waals surface area contributed by atoms with Gasteiger partial charge in [-0.05, 0) is 6.07 Å². The number of rotatable bonds is 5. The van der Waals surface area contributed by atoms with E-state index in [0.717, 1.165) is 6.92 Å². The average Bonchev–Trinajstić information content (AvgIpc) is 3.00. The van der Waals surface area contributed by atoms with Crippen molar-refractivity contribution in [1.82, 2.24) is 5.06 Å². The minimum atomic E-state index is -1.86. The maximum atomic E-state index is 14.5. The summed E-state index contributed by atoms with van der Waals surface area (Å²) in [5.74, 6) is -10.7. The summed E-state index contributed by atoms with van der Waals surface area (Å²) < 4.78 is 56.4. The zero-order valence-corrected chi connectivity index (χ0v) is 15.0. The van der Waals surface area contributed by atoms with Crippen molar-refractivity contribution < 1.29 is 51.1 Å². The summed E-state index contributed by atoms with van der Waals surface area (Å²) in [5.41, 5.74) is -3.65. The molecule has 2 aromatic rings. The molecule has 0 radical (unpaired) electrons. The molecule has 2 amide bonds. The number of benzene rings is 1. The number of amides is 2. The van der Waals surface area contributed by atoms with Crippen LogP contribution in [0.15, 0.2) is 15.3 Å². The summed E-state index contributed by atoms with van der Waals surface area (Å²) in [5, 5.41) is -0.842. The lowest BCUT2D eigenvalue weighted by Gasteiger charge is -2.13. The average molecular weight is 429 g/mol. The lowest BCUT2D eigenvalue weighted by molar-refractivity contribution is -0.172. The second kappa shape index (κ2) is 7.85. The fourth-order valence-electron chi connectivity index (χ4n) is 2.45. The molecular formula is C17H10F3NO9. The van der Waals surface area contributed by atoms with Gasteiger partial charge in [0.2, 0.25) is 24.2 Å². The van der Waals surface area contributed by atoms with Crippen molar-refractivity contribution in [1.29, 1.82) is 0 Å². The SMILES string of the molecule is CC(=O)OCOc1c(F)c(F)c2cc(C(=O)ON3C(=O)CCC3=O)c(=O)oc2c1F. The molecule has 1 aromatic carbocycles. The smallest absolute Gasteiger partial charge is 0.371 e. The monoisotopic (exact) mass is 429 g/mol. The third-order valence-electron chi connectivity index (χ3n) is 3.84. The topological polar surface area (TPSA) is 129 Å². The highest BCUT2D eigenvalue weighted by atomic mass is 19.2. The number of hydroxylamine groups is 2. The molecule has 1 aliphatic rings. The molecule has 2 heterocycles. The Hall–Kier alpha value is -3.90. The van der Waals surface area contributed by atoms with Crippen LogP contribution in [0.5, 0.6) is 5.75 Å². The van der Waals surface area contributed by atoms with Crippen LogP contribution >= 0.6 is 0 Å². The molecular weight excluding hydrogens is 419 g/mol. The molecule has 1 aromatic heterocycles. The Bertz CT molecular complexity index is 1140. The number of halogens is 3. The van der Waals surface area contributed by atoms with E-state index in [1.807, 2.05) is 0 Å². The van der Waals surface area contributed by atoms with Crippen molar-refractivity contribution in [2.75, 3.05) is 6.79 Å². The van der Waals surface area contributed by atoms with E-state index in [4.69, 9.17) is 0 Å². The number of ether oxygens (including phenoxy) is 2. The zero-order valence-electron chi connectivity index (χ0n) is 15.0. The van der Waals surface area contributed by atoms with Crippen LogP contribution in [0.3, 0.4) is 0 Å². The molecule has 1 aliphatic heterocycles. The Balaban J connectivity index is 2.01. The summed E-state index contributed by atoms with van der Waals surface area (Å²) in [6, 6.07) is 0.436. The first kappa shape index (κ1) is 20.8. The Morgan fingerprint density at radius 3 is 2.30 bits per heavy atom. The largest absolute Gasteiger partial charge is 0.451 e. The number of esters is 1. The molecule has 30 heavy (non-hydrogen) atoms. The number of carbonyl (C=O) groups excluding carboxylic acids is 4. The maximum Gasteiger partial charge on any atom is 0.371 e. The minimum absolute atomic E-state index is 0.120. The van der Waals surface area contributed by atoms with E-state index in [1.165, 1.54) is 0 Å². The molecule has 0 saturated carbocycles. The van der Waals surface area contributed by atoms with E-state index in [9.17, 15) is 37.1 Å². The Kier molecular flexibility index (Phi) is 5.45. The summed E-state index contributed by atoms with van der Waals surface area (Å²) >= 11 is 0. The van der Waals surface area contributed by atoms with Gasteiger partial charge < -0.3 is 18.7 Å². The molecule has 0 unspecified atom stereocenters. The van der Waals surface area contributed by atoms with Gasteiger partial charge in [-0.3, -0.25) is 14.4 Å². The van der Waals surface area contributed by atoms with Crippen LogP contribution in [-0.2, 0) is 24.0 Å². The third kappa shape index (κ3) is 3.68. The van der Waals surface area contributed by atoms with Gasteiger partial charge in [0.05, 0.1) is 5.39 Å². The van der Waals surface area contributed by atoms with Crippen LogP contribution in [0.2, 0.25) is 0 Å². The van der Waals surface area contributed by atoms with Gasteiger partial charge in [-0.25, -0.2) is 14.0 Å². The molecule has 0 aliphatic carbocycles. The number of nitrogens with zero attached hydrogens (tertiary/aromatic N) is 1. The number of imide groups is 1. The molecule has 13 heteroatoms. The molecule has 0 bridgehead atoms. The van der Waals surface area contributed by atoms with Gasteiger partial charge >= 0.3 is 17.6 Å². The molecule has 158 valence electrons. The van der Waals surface area contributed by atoms with Crippen LogP contribution in [0.4, 0.5) is 13.2 Å². The quantitative estimate of drug-likeness (QED) is 0.227. The molecule has 0 spiro atoms. The number of hydrogen-bond acceptors (Lipinski definition) is 9. The summed E-state index contributed by atoms with van der Waals surface area (Å²) in [7, 11) is 0. The molecule has 10 nitrogen and oxygen atoms in total. The van der Waals surface area contributed by atoms with E-state index in [2.05, 4.69) is 18.7 Å². The Labute approximate surface area is 163 Å². The lowest BCUT2D eigenvalue weighted by Crippen LogP contribution is -2.33. The van der Waals surface area contributed by atoms with Crippen LogP contribution in [0.25, 0.3) is 11.0 Å². The van der Waals surface area contributed by atoms with Crippen molar-refractivity contribution in [3.63, 3.8) is 0 Å². The molecule has 1 saturated heterocycles. The second-order valence-electron chi connectivity index (χ2n) is 5.82. The lowest BCUT2D eigenvalue weighted by atomic mass is 10.1. The van der Waals surface area contributed by atoms with Crippen LogP contribution in [-0.4, -0.2) is 35.6 Å². The first-order valence-corrected chi connectivity index (χ1v) is 8.10. The fraction of sp³-hybridized carbons (Fsp3) is 0.235. The van der Waals surface area contributed by atoms with Gasteiger partial charge in [0.1, 0.15) is 5.56 Å². The Morgan fingerprint density at radius 1 is 1.07 bits per heavy atom. The molecule has 1 fully saturated rings. The first-order valence-electron chi connectivity index (χ1n) is 8.10. The van der Waals surface area contributed by atoms with Gasteiger partial charge in [0.25, 0.3) is 11.8 Å². The molecule has 0 atom stereocenters. The van der Waals surface area contributed by atoms with Crippen LogP contribution in [0, 0.1) is 17.5 Å². The molecule has 0 N–H and O–H groups in total. The summed E-state index contributed by atoms with van der Waals surface area (Å²) in [4.78, 5) is 62.3. The van der Waals surface area contributed by atoms with Crippen molar-refractivity contribution in [2.45, 2.75) is 19.8 Å². The summed E-state index contributed by atoms with van der Waals surface area (Å²) in [6.45, 7) is 0.0284. The van der Waals surface area contributed by atoms with E-state index >= 15 is 0 Å². The number of carbonyl (C=O) groups is 4. The van der Waals surface area contributed by atoms with Crippen molar-refractivity contribution in [3.8, 4) is 5.75 Å². The normalized spacial score (nSPS) is 13.7. The maximum absolute atomic E-state index is 14.5. The first-order chi connectivity index (χ1) is 14.1. The van der Waals surface area contributed by atoms with E-state index in [1.54, 1.807) is 0 Å². The van der Waals surface area contributed by atoms with Gasteiger partial charge in [-0.15, -0.1) is 5.06 Å². The van der Waals surface area contributed by atoms with E-state index in [-0.39, 0.29) is 17.9 Å². The van der Waals surface area contributed by atoms with Crippen LogP contribution in [0.1, 0.15) is 30.1 Å². The number of hydrogen-bond donors (Lipinski definition) is 0. The standard InChI is InChI=1S/C17H10F3NO9/c1-6(22)27-5-28-15-12(19)11(18)7-4-8(16(25)29-14(7)13(15)20)17(26)30-21-9(23)2-3-10(21)24/h4H,2-3,5H2,1H3. The van der Waals surface area contributed by atoms with Gasteiger partial charge in [0.15, 0.2) is 11.4 Å². The zero-order chi connectivity index (χ0) is 22.2. The highest BCUT2D eigenvalue weighted by molar-refractivity contribution is 6.03. The van der Waals surface area contributed by atoms with E-state index < -0.39 is 75.9 Å².